The van der Waals surface area contributed by atoms with Gasteiger partial charge >= 0.3 is 5.69 Å². The Balaban J connectivity index is 2.43. The Hall–Kier alpha value is -1.43. The summed E-state index contributed by atoms with van der Waals surface area (Å²) in [5.41, 5.74) is -1.55. The second-order valence-electron chi connectivity index (χ2n) is 5.26. The number of nitrogens with one attached hydrogen (secondary N) is 2. The van der Waals surface area contributed by atoms with Gasteiger partial charge in [-0.1, -0.05) is 13.8 Å². The molecule has 5 nitrogen and oxygen atoms in total. The van der Waals surface area contributed by atoms with E-state index in [1.54, 1.807) is 0 Å². The maximum Gasteiger partial charge on any atom is 0.328 e. The van der Waals surface area contributed by atoms with Crippen molar-refractivity contribution in [3.8, 4) is 0 Å². The fourth-order valence-corrected chi connectivity index (χ4v) is 1.77. The van der Waals surface area contributed by atoms with E-state index in [0.29, 0.717) is 25.0 Å². The van der Waals surface area contributed by atoms with Gasteiger partial charge in [-0.15, -0.1) is 0 Å². The van der Waals surface area contributed by atoms with E-state index in [4.69, 9.17) is 0 Å². The highest BCUT2D eigenvalue weighted by molar-refractivity contribution is 4.87. The van der Waals surface area contributed by atoms with Crippen LogP contribution in [0.5, 0.6) is 0 Å². The van der Waals surface area contributed by atoms with E-state index in [1.807, 2.05) is 4.98 Å². The first kappa shape index (κ1) is 15.6. The van der Waals surface area contributed by atoms with Crippen LogP contribution >= 0.6 is 0 Å². The highest BCUT2D eigenvalue weighted by atomic mass is 19.1. The summed E-state index contributed by atoms with van der Waals surface area (Å²) in [7, 11) is 0. The molecule has 1 atom stereocenters. The molecule has 0 bridgehead atoms. The van der Waals surface area contributed by atoms with E-state index in [1.165, 1.54) is 4.57 Å². The van der Waals surface area contributed by atoms with Crippen molar-refractivity contribution in [2.45, 2.75) is 46.2 Å². The first-order chi connectivity index (χ1) is 8.90. The molecule has 1 rings (SSSR count). The van der Waals surface area contributed by atoms with E-state index >= 15 is 0 Å². The van der Waals surface area contributed by atoms with Crippen molar-refractivity contribution in [2.24, 2.45) is 5.92 Å². The second-order valence-corrected chi connectivity index (χ2v) is 5.26. The fraction of sp³-hybridized carbons (Fsp3) is 0.692. The van der Waals surface area contributed by atoms with Gasteiger partial charge in [0, 0.05) is 19.1 Å². The average molecular weight is 271 g/mol. The van der Waals surface area contributed by atoms with Gasteiger partial charge in [-0.05, 0) is 25.7 Å². The molecule has 1 aromatic rings. The molecule has 1 unspecified atom stereocenters. The Morgan fingerprint density at radius 1 is 1.32 bits per heavy atom. The smallest absolute Gasteiger partial charge is 0.312 e. The van der Waals surface area contributed by atoms with Gasteiger partial charge in [-0.3, -0.25) is 14.3 Å². The maximum absolute atomic E-state index is 13.0. The zero-order chi connectivity index (χ0) is 14.4. The lowest BCUT2D eigenvalue weighted by Gasteiger charge is -2.15. The monoisotopic (exact) mass is 271 g/mol. The van der Waals surface area contributed by atoms with E-state index in [0.717, 1.165) is 19.0 Å². The van der Waals surface area contributed by atoms with Gasteiger partial charge < -0.3 is 5.32 Å². The molecule has 1 heterocycles. The van der Waals surface area contributed by atoms with Crippen molar-refractivity contribution in [1.82, 2.24) is 14.9 Å². The molecule has 0 saturated carbocycles. The second kappa shape index (κ2) is 7.23. The molecule has 0 aliphatic rings. The Bertz CT molecular complexity index is 507. The third kappa shape index (κ3) is 5.38. The first-order valence-electron chi connectivity index (χ1n) is 6.62. The van der Waals surface area contributed by atoms with Crippen LogP contribution in [0, 0.1) is 11.7 Å². The Kier molecular flexibility index (Phi) is 5.95. The van der Waals surface area contributed by atoms with Crippen molar-refractivity contribution in [3.05, 3.63) is 32.9 Å². The number of halogens is 1. The van der Waals surface area contributed by atoms with Crippen LogP contribution in [0.2, 0.25) is 0 Å². The normalized spacial score (nSPS) is 12.9. The van der Waals surface area contributed by atoms with Gasteiger partial charge in [0.05, 0.1) is 6.20 Å². The predicted molar refractivity (Wildman–Crippen MR) is 72.8 cm³/mol. The van der Waals surface area contributed by atoms with E-state index in [2.05, 4.69) is 26.1 Å². The van der Waals surface area contributed by atoms with Crippen molar-refractivity contribution in [2.75, 3.05) is 6.54 Å². The molecule has 19 heavy (non-hydrogen) atoms. The summed E-state index contributed by atoms with van der Waals surface area (Å²) in [6.07, 6.45) is 3.15. The maximum atomic E-state index is 13.0. The third-order valence-electron chi connectivity index (χ3n) is 2.99. The average Bonchev–Trinajstić information content (AvgIpc) is 2.33. The molecule has 1 aromatic heterocycles. The minimum absolute atomic E-state index is 0.332. The van der Waals surface area contributed by atoms with E-state index in [-0.39, 0.29) is 0 Å². The zero-order valence-electron chi connectivity index (χ0n) is 11.7. The number of hydrogen-bond donors (Lipinski definition) is 2. The standard InChI is InChI=1S/C13H22FN3O2/c1-9(2)4-5-10(3)15-6-7-17-8-11(14)12(18)16-13(17)19/h8-10,15H,4-7H2,1-3H3,(H,16,18,19). The Labute approximate surface area is 111 Å². The molecule has 0 amide bonds. The van der Waals surface area contributed by atoms with Crippen molar-refractivity contribution >= 4 is 0 Å². The van der Waals surface area contributed by atoms with Crippen LogP contribution in [0.1, 0.15) is 33.6 Å². The summed E-state index contributed by atoms with van der Waals surface area (Å²) < 4.78 is 14.2. The lowest BCUT2D eigenvalue weighted by Crippen LogP contribution is -2.36. The summed E-state index contributed by atoms with van der Waals surface area (Å²) in [4.78, 5) is 24.2. The van der Waals surface area contributed by atoms with Crippen LogP contribution in [-0.2, 0) is 6.54 Å². The topological polar surface area (TPSA) is 66.9 Å². The molecular formula is C13H22FN3O2. The molecule has 0 aliphatic carbocycles. The van der Waals surface area contributed by atoms with Crippen LogP contribution in [0.4, 0.5) is 4.39 Å². The molecule has 0 radical (unpaired) electrons. The lowest BCUT2D eigenvalue weighted by molar-refractivity contribution is 0.435. The van der Waals surface area contributed by atoms with Crippen LogP contribution in [0.25, 0.3) is 0 Å². The van der Waals surface area contributed by atoms with Crippen LogP contribution < -0.4 is 16.6 Å². The van der Waals surface area contributed by atoms with E-state index < -0.39 is 17.1 Å². The minimum atomic E-state index is -0.973. The van der Waals surface area contributed by atoms with Crippen LogP contribution in [0.3, 0.4) is 0 Å². The van der Waals surface area contributed by atoms with Gasteiger partial charge in [0.15, 0.2) is 0 Å². The van der Waals surface area contributed by atoms with Gasteiger partial charge in [0.2, 0.25) is 5.82 Å². The van der Waals surface area contributed by atoms with Gasteiger partial charge in [-0.25, -0.2) is 4.79 Å². The summed E-state index contributed by atoms with van der Waals surface area (Å²) >= 11 is 0. The summed E-state index contributed by atoms with van der Waals surface area (Å²) in [6, 6.07) is 0.353. The molecule has 0 aromatic carbocycles. The third-order valence-corrected chi connectivity index (χ3v) is 2.99. The number of H-pyrrole nitrogens is 1. The summed E-state index contributed by atoms with van der Waals surface area (Å²) in [6.45, 7) is 7.33. The minimum Gasteiger partial charge on any atom is -0.312 e. The van der Waals surface area contributed by atoms with Crippen molar-refractivity contribution in [1.29, 1.82) is 0 Å². The number of aromatic nitrogens is 2. The number of rotatable bonds is 7. The molecule has 0 aliphatic heterocycles. The molecule has 0 spiro atoms. The van der Waals surface area contributed by atoms with Gasteiger partial charge in [-0.2, -0.15) is 4.39 Å². The SMILES string of the molecule is CC(C)CCC(C)NCCn1cc(F)c(=O)[nH]c1=O. The van der Waals surface area contributed by atoms with Crippen molar-refractivity contribution in [3.63, 3.8) is 0 Å². The summed E-state index contributed by atoms with van der Waals surface area (Å²) in [5.74, 6) is -0.271. The molecule has 2 N–H and O–H groups in total. The molecule has 0 saturated heterocycles. The molecule has 6 heteroatoms. The summed E-state index contributed by atoms with van der Waals surface area (Å²) in [5, 5.41) is 3.27. The van der Waals surface area contributed by atoms with E-state index in [9.17, 15) is 14.0 Å². The molecule has 0 fully saturated rings. The highest BCUT2D eigenvalue weighted by Gasteiger charge is 2.05. The van der Waals surface area contributed by atoms with Crippen LogP contribution in [0.15, 0.2) is 15.8 Å². The number of hydrogen-bond acceptors (Lipinski definition) is 3. The fourth-order valence-electron chi connectivity index (χ4n) is 1.77. The van der Waals surface area contributed by atoms with Crippen molar-refractivity contribution < 1.29 is 4.39 Å². The number of aromatic amines is 1. The highest BCUT2D eigenvalue weighted by Crippen LogP contribution is 2.05. The molecule has 108 valence electrons. The Morgan fingerprint density at radius 3 is 2.63 bits per heavy atom. The number of nitrogens with zero attached hydrogens (tertiary/aromatic N) is 1. The van der Waals surface area contributed by atoms with Gasteiger partial charge in [0.1, 0.15) is 0 Å². The van der Waals surface area contributed by atoms with Gasteiger partial charge in [0.25, 0.3) is 5.56 Å². The lowest BCUT2D eigenvalue weighted by atomic mass is 10.0. The Morgan fingerprint density at radius 2 is 2.00 bits per heavy atom. The largest absolute Gasteiger partial charge is 0.328 e. The predicted octanol–water partition coefficient (Wildman–Crippen LogP) is 1.09. The first-order valence-corrected chi connectivity index (χ1v) is 6.62. The van der Waals surface area contributed by atoms with Crippen LogP contribution in [-0.4, -0.2) is 22.1 Å². The molecular weight excluding hydrogens is 249 g/mol. The zero-order valence-corrected chi connectivity index (χ0v) is 11.7. The quantitative estimate of drug-likeness (QED) is 0.780.